The van der Waals surface area contributed by atoms with E-state index in [0.29, 0.717) is 0 Å². The summed E-state index contributed by atoms with van der Waals surface area (Å²) in [4.78, 5) is 14.5. The fourth-order valence-electron chi connectivity index (χ4n) is 1.83. The minimum absolute atomic E-state index is 0.0895. The van der Waals surface area contributed by atoms with Crippen molar-refractivity contribution in [2.45, 2.75) is 19.9 Å². The Labute approximate surface area is 121 Å². The van der Waals surface area contributed by atoms with Crippen molar-refractivity contribution in [3.05, 3.63) is 62.8 Å². The first-order valence-electron chi connectivity index (χ1n) is 6.11. The number of anilines is 1. The van der Waals surface area contributed by atoms with E-state index in [1.165, 1.54) is 12.1 Å². The summed E-state index contributed by atoms with van der Waals surface area (Å²) in [5, 5.41) is 14.2. The van der Waals surface area contributed by atoms with E-state index in [1.54, 1.807) is 0 Å². The first-order valence-corrected chi connectivity index (χ1v) is 6.49. The van der Waals surface area contributed by atoms with Gasteiger partial charge in [0.1, 0.15) is 5.15 Å². The minimum atomic E-state index is -0.479. The van der Waals surface area contributed by atoms with Crippen LogP contribution in [0, 0.1) is 17.0 Å². The second kappa shape index (κ2) is 5.88. The molecule has 1 atom stereocenters. The van der Waals surface area contributed by atoms with Crippen LogP contribution in [0.4, 0.5) is 11.5 Å². The Morgan fingerprint density at radius 1 is 1.25 bits per heavy atom. The van der Waals surface area contributed by atoms with E-state index in [-0.39, 0.29) is 22.7 Å². The van der Waals surface area contributed by atoms with Crippen LogP contribution in [-0.4, -0.2) is 9.91 Å². The van der Waals surface area contributed by atoms with Crippen LogP contribution in [-0.2, 0) is 0 Å². The predicted octanol–water partition coefficient (Wildman–Crippen LogP) is 4.12. The van der Waals surface area contributed by atoms with E-state index < -0.39 is 4.92 Å². The third-order valence-electron chi connectivity index (χ3n) is 2.97. The van der Waals surface area contributed by atoms with Crippen molar-refractivity contribution in [2.75, 3.05) is 5.32 Å². The fourth-order valence-corrected chi connectivity index (χ4v) is 1.97. The van der Waals surface area contributed by atoms with E-state index in [1.807, 2.05) is 38.1 Å². The van der Waals surface area contributed by atoms with Gasteiger partial charge in [0.05, 0.1) is 11.0 Å². The van der Waals surface area contributed by atoms with Gasteiger partial charge in [0.25, 0.3) is 0 Å². The lowest BCUT2D eigenvalue weighted by molar-refractivity contribution is -0.384. The number of halogens is 1. The highest BCUT2D eigenvalue weighted by molar-refractivity contribution is 6.29. The van der Waals surface area contributed by atoms with Crippen molar-refractivity contribution in [1.29, 1.82) is 0 Å². The van der Waals surface area contributed by atoms with Crippen LogP contribution in [0.25, 0.3) is 0 Å². The maximum absolute atomic E-state index is 11.0. The highest BCUT2D eigenvalue weighted by atomic mass is 35.5. The molecular weight excluding hydrogens is 278 g/mol. The number of hydrogen-bond donors (Lipinski definition) is 1. The number of nitro groups is 1. The zero-order valence-electron chi connectivity index (χ0n) is 11.1. The zero-order chi connectivity index (χ0) is 14.7. The summed E-state index contributed by atoms with van der Waals surface area (Å²) in [7, 11) is 0. The van der Waals surface area contributed by atoms with Crippen LogP contribution < -0.4 is 5.32 Å². The molecule has 0 spiro atoms. The van der Waals surface area contributed by atoms with Gasteiger partial charge in [-0.15, -0.1) is 0 Å². The van der Waals surface area contributed by atoms with Gasteiger partial charge in [-0.2, -0.15) is 0 Å². The molecular formula is C14H14ClN3O2. The summed E-state index contributed by atoms with van der Waals surface area (Å²) >= 11 is 5.80. The predicted molar refractivity (Wildman–Crippen MR) is 79.1 cm³/mol. The summed E-state index contributed by atoms with van der Waals surface area (Å²) < 4.78 is 0. The number of rotatable bonds is 4. The third-order valence-corrected chi connectivity index (χ3v) is 3.18. The molecule has 0 radical (unpaired) electrons. The molecule has 5 nitrogen and oxygen atoms in total. The lowest BCUT2D eigenvalue weighted by Gasteiger charge is -2.15. The number of benzene rings is 1. The number of aromatic nitrogens is 1. The monoisotopic (exact) mass is 291 g/mol. The number of nitrogens with zero attached hydrogens (tertiary/aromatic N) is 2. The Morgan fingerprint density at radius 3 is 2.50 bits per heavy atom. The van der Waals surface area contributed by atoms with Crippen molar-refractivity contribution >= 4 is 23.1 Å². The Kier molecular flexibility index (Phi) is 4.20. The Hall–Kier alpha value is -2.14. The second-order valence-corrected chi connectivity index (χ2v) is 4.92. The molecule has 1 heterocycles. The van der Waals surface area contributed by atoms with Gasteiger partial charge >= 0.3 is 5.69 Å². The van der Waals surface area contributed by atoms with Crippen molar-refractivity contribution < 1.29 is 4.92 Å². The van der Waals surface area contributed by atoms with E-state index in [4.69, 9.17) is 11.6 Å². The molecule has 0 fully saturated rings. The van der Waals surface area contributed by atoms with E-state index >= 15 is 0 Å². The Balaban J connectivity index is 2.27. The molecule has 2 rings (SSSR count). The van der Waals surface area contributed by atoms with Crippen LogP contribution in [0.5, 0.6) is 0 Å². The van der Waals surface area contributed by atoms with Gasteiger partial charge in [-0.05, 0) is 25.5 Å². The molecule has 0 saturated carbocycles. The molecule has 0 aliphatic heterocycles. The fraction of sp³-hybridized carbons (Fsp3) is 0.214. The summed E-state index contributed by atoms with van der Waals surface area (Å²) in [6, 6.07) is 10.6. The van der Waals surface area contributed by atoms with Gasteiger partial charge in [-0.25, -0.2) is 4.98 Å². The highest BCUT2D eigenvalue weighted by Gasteiger charge is 2.18. The van der Waals surface area contributed by atoms with Crippen LogP contribution in [0.1, 0.15) is 24.1 Å². The molecule has 1 aromatic heterocycles. The molecule has 1 N–H and O–H groups in total. The molecule has 104 valence electrons. The molecule has 0 aliphatic carbocycles. The molecule has 0 bridgehead atoms. The molecule has 6 heteroatoms. The van der Waals surface area contributed by atoms with Gasteiger partial charge in [0, 0.05) is 6.07 Å². The van der Waals surface area contributed by atoms with Gasteiger partial charge in [0.2, 0.25) is 5.82 Å². The average Bonchev–Trinajstić information content (AvgIpc) is 2.39. The van der Waals surface area contributed by atoms with Crippen LogP contribution in [0.3, 0.4) is 0 Å². The topological polar surface area (TPSA) is 68.1 Å². The average molecular weight is 292 g/mol. The van der Waals surface area contributed by atoms with E-state index in [0.717, 1.165) is 11.1 Å². The lowest BCUT2D eigenvalue weighted by Crippen LogP contribution is -2.10. The number of nitrogens with one attached hydrogen (secondary N) is 1. The smallest absolute Gasteiger partial charge is 0.311 e. The summed E-state index contributed by atoms with van der Waals surface area (Å²) in [5.41, 5.74) is 2.09. The van der Waals surface area contributed by atoms with Gasteiger partial charge in [-0.1, -0.05) is 41.4 Å². The van der Waals surface area contributed by atoms with Gasteiger partial charge in [-0.3, -0.25) is 10.1 Å². The normalized spacial score (nSPS) is 11.9. The maximum Gasteiger partial charge on any atom is 0.311 e. The SMILES string of the molecule is Cc1ccc(C(C)Nc2nc(Cl)ccc2[N+](=O)[O-])cc1. The third kappa shape index (κ3) is 3.24. The van der Waals surface area contributed by atoms with E-state index in [2.05, 4.69) is 10.3 Å². The highest BCUT2D eigenvalue weighted by Crippen LogP contribution is 2.27. The zero-order valence-corrected chi connectivity index (χ0v) is 11.9. The molecule has 2 aromatic rings. The largest absolute Gasteiger partial charge is 0.358 e. The number of aryl methyl sites for hydroxylation is 1. The van der Waals surface area contributed by atoms with Gasteiger partial charge < -0.3 is 5.32 Å². The van der Waals surface area contributed by atoms with Crippen molar-refractivity contribution in [3.8, 4) is 0 Å². The first kappa shape index (κ1) is 14.3. The van der Waals surface area contributed by atoms with Crippen LogP contribution in [0.15, 0.2) is 36.4 Å². The molecule has 1 unspecified atom stereocenters. The number of hydrogen-bond acceptors (Lipinski definition) is 4. The quantitative estimate of drug-likeness (QED) is 0.522. The van der Waals surface area contributed by atoms with Crippen LogP contribution in [0.2, 0.25) is 5.15 Å². The summed E-state index contributed by atoms with van der Waals surface area (Å²) in [5.74, 6) is 0.176. The molecule has 0 amide bonds. The second-order valence-electron chi connectivity index (χ2n) is 4.54. The minimum Gasteiger partial charge on any atom is -0.358 e. The standard InChI is InChI=1S/C14H14ClN3O2/c1-9-3-5-11(6-4-9)10(2)16-14-12(18(19)20)7-8-13(15)17-14/h3-8,10H,1-2H3,(H,16,17). The van der Waals surface area contributed by atoms with Crippen molar-refractivity contribution in [2.24, 2.45) is 0 Å². The molecule has 0 aliphatic rings. The lowest BCUT2D eigenvalue weighted by atomic mass is 10.1. The summed E-state index contributed by atoms with van der Waals surface area (Å²) in [6.45, 7) is 3.92. The van der Waals surface area contributed by atoms with E-state index in [9.17, 15) is 10.1 Å². The van der Waals surface area contributed by atoms with Gasteiger partial charge in [0.15, 0.2) is 0 Å². The van der Waals surface area contributed by atoms with Crippen LogP contribution >= 0.6 is 11.6 Å². The Morgan fingerprint density at radius 2 is 1.90 bits per heavy atom. The van der Waals surface area contributed by atoms with Crippen molar-refractivity contribution in [1.82, 2.24) is 4.98 Å². The van der Waals surface area contributed by atoms with Crippen molar-refractivity contribution in [3.63, 3.8) is 0 Å². The maximum atomic E-state index is 11.0. The molecule has 1 aromatic carbocycles. The first-order chi connectivity index (χ1) is 9.47. The summed E-state index contributed by atoms with van der Waals surface area (Å²) in [6.07, 6.45) is 0. The Bertz CT molecular complexity index is 629. The number of pyridine rings is 1. The molecule has 0 saturated heterocycles. The molecule has 20 heavy (non-hydrogen) atoms.